The van der Waals surface area contributed by atoms with E-state index >= 15 is 0 Å². The fourth-order valence-electron chi connectivity index (χ4n) is 1.31. The van der Waals surface area contributed by atoms with Gasteiger partial charge in [-0.25, -0.2) is 0 Å². The average molecular weight is 161 g/mol. The molecule has 0 unspecified atom stereocenters. The highest BCUT2D eigenvalue weighted by molar-refractivity contribution is 5.84. The Morgan fingerprint density at radius 1 is 1.33 bits per heavy atom. The van der Waals surface area contributed by atoms with Crippen molar-refractivity contribution in [2.24, 2.45) is 0 Å². The van der Waals surface area contributed by atoms with E-state index in [1.54, 1.807) is 6.26 Å². The zero-order valence-electron chi connectivity index (χ0n) is 7.22. The van der Waals surface area contributed by atoms with Gasteiger partial charge in [0, 0.05) is 18.1 Å². The van der Waals surface area contributed by atoms with Crippen LogP contribution in [0.25, 0.3) is 11.0 Å². The summed E-state index contributed by atoms with van der Waals surface area (Å²) in [6.07, 6.45) is 1.78. The first kappa shape index (κ1) is 7.22. The normalized spacial score (nSPS) is 10.5. The summed E-state index contributed by atoms with van der Waals surface area (Å²) >= 11 is 0. The number of aryl methyl sites for hydroxylation is 1. The lowest BCUT2D eigenvalue weighted by Crippen LogP contribution is -1.85. The molecule has 12 heavy (non-hydrogen) atoms. The van der Waals surface area contributed by atoms with Gasteiger partial charge in [0.05, 0.1) is 6.26 Å². The molecular weight excluding hydrogens is 150 g/mol. The molecule has 2 nitrogen and oxygen atoms in total. The van der Waals surface area contributed by atoms with Crippen molar-refractivity contribution < 1.29 is 4.42 Å². The number of benzene rings is 1. The molecule has 1 aromatic heterocycles. The van der Waals surface area contributed by atoms with Gasteiger partial charge < -0.3 is 9.73 Å². The zero-order valence-corrected chi connectivity index (χ0v) is 7.22. The van der Waals surface area contributed by atoms with Crippen LogP contribution in [0.2, 0.25) is 0 Å². The molecule has 2 rings (SSSR count). The second kappa shape index (κ2) is 2.55. The summed E-state index contributed by atoms with van der Waals surface area (Å²) in [5.74, 6) is 0. The molecule has 0 aliphatic carbocycles. The Hall–Kier alpha value is -1.44. The smallest absolute Gasteiger partial charge is 0.134 e. The maximum Gasteiger partial charge on any atom is 0.134 e. The minimum atomic E-state index is 0.950. The van der Waals surface area contributed by atoms with E-state index in [0.717, 1.165) is 11.3 Å². The van der Waals surface area contributed by atoms with E-state index in [1.807, 2.05) is 26.1 Å². The Labute approximate surface area is 71.2 Å². The molecule has 0 saturated carbocycles. The van der Waals surface area contributed by atoms with Gasteiger partial charge in [-0.3, -0.25) is 0 Å². The summed E-state index contributed by atoms with van der Waals surface area (Å²) in [5, 5.41) is 4.28. The van der Waals surface area contributed by atoms with Crippen LogP contribution in [0.1, 0.15) is 5.56 Å². The van der Waals surface area contributed by atoms with E-state index in [1.165, 1.54) is 10.9 Å². The predicted octanol–water partition coefficient (Wildman–Crippen LogP) is 2.78. The van der Waals surface area contributed by atoms with Gasteiger partial charge in [0.15, 0.2) is 0 Å². The summed E-state index contributed by atoms with van der Waals surface area (Å²) in [4.78, 5) is 0. The maximum absolute atomic E-state index is 5.32. The van der Waals surface area contributed by atoms with Crippen molar-refractivity contribution in [3.05, 3.63) is 30.0 Å². The fourth-order valence-corrected chi connectivity index (χ4v) is 1.31. The van der Waals surface area contributed by atoms with Gasteiger partial charge in [-0.1, -0.05) is 0 Å². The van der Waals surface area contributed by atoms with Crippen molar-refractivity contribution in [3.8, 4) is 0 Å². The van der Waals surface area contributed by atoms with Crippen molar-refractivity contribution in [2.45, 2.75) is 6.92 Å². The van der Waals surface area contributed by atoms with Gasteiger partial charge in [-0.2, -0.15) is 0 Å². The number of hydrogen-bond donors (Lipinski definition) is 1. The molecule has 0 radical (unpaired) electrons. The van der Waals surface area contributed by atoms with E-state index in [-0.39, 0.29) is 0 Å². The van der Waals surface area contributed by atoms with Gasteiger partial charge in [-0.05, 0) is 30.7 Å². The molecule has 62 valence electrons. The number of rotatable bonds is 1. The van der Waals surface area contributed by atoms with Gasteiger partial charge >= 0.3 is 0 Å². The van der Waals surface area contributed by atoms with Crippen LogP contribution >= 0.6 is 0 Å². The number of hydrogen-bond acceptors (Lipinski definition) is 2. The quantitative estimate of drug-likeness (QED) is 0.695. The number of fused-ring (bicyclic) bond motifs is 1. The molecule has 0 bridgehead atoms. The van der Waals surface area contributed by atoms with Crippen molar-refractivity contribution in [2.75, 3.05) is 12.4 Å². The third-order valence-corrected chi connectivity index (χ3v) is 2.06. The average Bonchev–Trinajstić information content (AvgIpc) is 2.47. The lowest BCUT2D eigenvalue weighted by Gasteiger charge is -1.98. The zero-order chi connectivity index (χ0) is 8.55. The lowest BCUT2D eigenvalue weighted by atomic mass is 10.2. The molecule has 2 aromatic rings. The fraction of sp³-hybridized carbons (Fsp3) is 0.200. The second-order valence-electron chi connectivity index (χ2n) is 2.88. The SMILES string of the molecule is CNc1ccc2occ(C)c2c1. The van der Waals surface area contributed by atoms with Gasteiger partial charge in [-0.15, -0.1) is 0 Å². The Morgan fingerprint density at radius 2 is 2.17 bits per heavy atom. The highest BCUT2D eigenvalue weighted by atomic mass is 16.3. The summed E-state index contributed by atoms with van der Waals surface area (Å²) in [6.45, 7) is 2.05. The van der Waals surface area contributed by atoms with Gasteiger partial charge in [0.1, 0.15) is 5.58 Å². The predicted molar refractivity (Wildman–Crippen MR) is 50.5 cm³/mol. The summed E-state index contributed by atoms with van der Waals surface area (Å²) in [5.41, 5.74) is 3.25. The highest BCUT2D eigenvalue weighted by Gasteiger charge is 2.01. The van der Waals surface area contributed by atoms with Crippen LogP contribution in [-0.4, -0.2) is 7.05 Å². The largest absolute Gasteiger partial charge is 0.464 e. The molecule has 0 aliphatic rings. The van der Waals surface area contributed by atoms with E-state index < -0.39 is 0 Å². The first-order chi connectivity index (χ1) is 5.81. The van der Waals surface area contributed by atoms with Crippen molar-refractivity contribution in [3.63, 3.8) is 0 Å². The van der Waals surface area contributed by atoms with Crippen LogP contribution in [0.4, 0.5) is 5.69 Å². The van der Waals surface area contributed by atoms with Crippen LogP contribution < -0.4 is 5.32 Å². The van der Waals surface area contributed by atoms with E-state index in [2.05, 4.69) is 11.4 Å². The second-order valence-corrected chi connectivity index (χ2v) is 2.88. The van der Waals surface area contributed by atoms with Gasteiger partial charge in [0.25, 0.3) is 0 Å². The summed E-state index contributed by atoms with van der Waals surface area (Å²) in [6, 6.07) is 6.08. The first-order valence-electron chi connectivity index (χ1n) is 3.97. The minimum absolute atomic E-state index is 0.950. The molecule has 2 heteroatoms. The van der Waals surface area contributed by atoms with Crippen LogP contribution in [0.15, 0.2) is 28.9 Å². The minimum Gasteiger partial charge on any atom is -0.464 e. The Morgan fingerprint density at radius 3 is 2.92 bits per heavy atom. The van der Waals surface area contributed by atoms with E-state index in [9.17, 15) is 0 Å². The lowest BCUT2D eigenvalue weighted by molar-refractivity contribution is 0.613. The Balaban J connectivity index is 2.71. The highest BCUT2D eigenvalue weighted by Crippen LogP contribution is 2.23. The van der Waals surface area contributed by atoms with E-state index in [0.29, 0.717) is 0 Å². The molecule has 0 aliphatic heterocycles. The molecule has 0 fully saturated rings. The summed E-state index contributed by atoms with van der Waals surface area (Å²) < 4.78 is 5.32. The monoisotopic (exact) mass is 161 g/mol. The Bertz CT molecular complexity index is 403. The molecule has 1 heterocycles. The molecule has 0 spiro atoms. The van der Waals surface area contributed by atoms with Crippen LogP contribution in [0, 0.1) is 6.92 Å². The molecule has 0 atom stereocenters. The van der Waals surface area contributed by atoms with Crippen LogP contribution in [-0.2, 0) is 0 Å². The van der Waals surface area contributed by atoms with Crippen LogP contribution in [0.5, 0.6) is 0 Å². The Kier molecular flexibility index (Phi) is 1.54. The van der Waals surface area contributed by atoms with Gasteiger partial charge in [0.2, 0.25) is 0 Å². The molecule has 1 N–H and O–H groups in total. The van der Waals surface area contributed by atoms with Crippen molar-refractivity contribution in [1.29, 1.82) is 0 Å². The molecule has 0 amide bonds. The number of furan rings is 1. The maximum atomic E-state index is 5.32. The summed E-state index contributed by atoms with van der Waals surface area (Å²) in [7, 11) is 1.91. The molecular formula is C10H11NO. The molecule has 1 aromatic carbocycles. The molecule has 0 saturated heterocycles. The van der Waals surface area contributed by atoms with Crippen molar-refractivity contribution in [1.82, 2.24) is 0 Å². The first-order valence-corrected chi connectivity index (χ1v) is 3.97. The standard InChI is InChI=1S/C10H11NO/c1-7-6-12-10-4-3-8(11-2)5-9(7)10/h3-6,11H,1-2H3. The topological polar surface area (TPSA) is 25.2 Å². The third kappa shape index (κ3) is 0.961. The third-order valence-electron chi connectivity index (χ3n) is 2.06. The van der Waals surface area contributed by atoms with Crippen LogP contribution in [0.3, 0.4) is 0 Å². The number of nitrogens with one attached hydrogen (secondary N) is 1. The van der Waals surface area contributed by atoms with Crippen molar-refractivity contribution >= 4 is 16.7 Å². The van der Waals surface area contributed by atoms with E-state index in [4.69, 9.17) is 4.42 Å². The number of anilines is 1.